The molecular formula is C14H27Cl2N2O2Ti. The minimum Gasteiger partial charge on any atom is -1.00 e. The van der Waals surface area contributed by atoms with E-state index in [9.17, 15) is 4.79 Å². The Kier molecular flexibility index (Phi) is 20.7. The zero-order valence-corrected chi connectivity index (χ0v) is 16.0. The number of halogens is 2. The van der Waals surface area contributed by atoms with Gasteiger partial charge in [-0.3, -0.25) is 4.79 Å². The van der Waals surface area contributed by atoms with Crippen LogP contribution in [-0.4, -0.2) is 18.9 Å². The van der Waals surface area contributed by atoms with E-state index in [-0.39, 0.29) is 24.8 Å². The average Bonchev–Trinajstić information content (AvgIpc) is 2.40. The van der Waals surface area contributed by atoms with Crippen molar-refractivity contribution in [3.63, 3.8) is 0 Å². The summed E-state index contributed by atoms with van der Waals surface area (Å²) in [6, 6.07) is 0.439. The maximum Gasteiger partial charge on any atom is -1.00 e. The quantitative estimate of drug-likeness (QED) is 0.359. The summed E-state index contributed by atoms with van der Waals surface area (Å²) in [7, 11) is 0. The molecule has 1 atom stereocenters. The molecule has 21 heavy (non-hydrogen) atoms. The molecule has 2 amide bonds. The Morgan fingerprint density at radius 1 is 1.14 bits per heavy atom. The Morgan fingerprint density at radius 3 is 2.05 bits per heavy atom. The summed E-state index contributed by atoms with van der Waals surface area (Å²) >= 11 is 1.56. The van der Waals surface area contributed by atoms with Crippen molar-refractivity contribution >= 4 is 12.8 Å². The van der Waals surface area contributed by atoms with Gasteiger partial charge in [0.25, 0.3) is 0 Å². The molecule has 1 rings (SSSR count). The normalized spacial score (nSPS) is 18.8. The molecule has 2 N–H and O–H groups in total. The third-order valence-corrected chi connectivity index (χ3v) is 4.05. The molecule has 0 heterocycles. The van der Waals surface area contributed by atoms with Crippen LogP contribution in [0.15, 0.2) is 0 Å². The van der Waals surface area contributed by atoms with Crippen LogP contribution in [0.3, 0.4) is 0 Å². The van der Waals surface area contributed by atoms with E-state index in [2.05, 4.69) is 23.0 Å². The van der Waals surface area contributed by atoms with Crippen molar-refractivity contribution in [2.75, 3.05) is 0 Å². The predicted octanol–water partition coefficient (Wildman–Crippen LogP) is -3.54. The molecule has 0 aromatic carbocycles. The number of carbonyl (C=O) groups is 2. The smallest absolute Gasteiger partial charge is 1.00 e. The van der Waals surface area contributed by atoms with Crippen molar-refractivity contribution in [3.05, 3.63) is 0 Å². The maximum absolute atomic E-state index is 10.5. The second-order valence-corrected chi connectivity index (χ2v) is 5.79. The van der Waals surface area contributed by atoms with Crippen LogP contribution in [0, 0.1) is 5.41 Å². The molecule has 4 nitrogen and oxygen atoms in total. The molecule has 0 saturated heterocycles. The minimum atomic E-state index is 0. The van der Waals surface area contributed by atoms with Gasteiger partial charge in [0.05, 0.1) is 0 Å². The van der Waals surface area contributed by atoms with Crippen LogP contribution in [0.2, 0.25) is 0 Å². The summed E-state index contributed by atoms with van der Waals surface area (Å²) in [4.78, 5) is 19.6. The molecule has 1 aliphatic carbocycles. The summed E-state index contributed by atoms with van der Waals surface area (Å²) in [5.74, 6) is 0. The summed E-state index contributed by atoms with van der Waals surface area (Å²) in [6.45, 7) is 4.54. The Bertz CT molecular complexity index is 248. The second kappa shape index (κ2) is 16.6. The predicted molar refractivity (Wildman–Crippen MR) is 72.9 cm³/mol. The number of hydrogen-bond donors (Lipinski definition) is 2. The van der Waals surface area contributed by atoms with Crippen LogP contribution < -0.4 is 33.9 Å². The van der Waals surface area contributed by atoms with Gasteiger partial charge in [-0.2, -0.15) is 0 Å². The van der Waals surface area contributed by atoms with E-state index in [1.165, 1.54) is 51.4 Å². The van der Waals surface area contributed by atoms with Gasteiger partial charge >= 0.3 is 35.7 Å². The summed E-state index contributed by atoms with van der Waals surface area (Å²) < 4.78 is 2.25. The van der Waals surface area contributed by atoms with Crippen molar-refractivity contribution in [2.45, 2.75) is 71.3 Å². The molecule has 1 saturated carbocycles. The number of amides is 2. The van der Waals surface area contributed by atoms with Gasteiger partial charge in [-0.15, -0.1) is 0 Å². The van der Waals surface area contributed by atoms with Crippen molar-refractivity contribution in [1.29, 1.82) is 0 Å². The maximum atomic E-state index is 10.5. The van der Waals surface area contributed by atoms with E-state index in [4.69, 9.17) is 4.79 Å². The molecule has 0 aromatic heterocycles. The first-order valence-electron chi connectivity index (χ1n) is 7.23. The molecule has 0 spiro atoms. The Morgan fingerprint density at radius 2 is 1.67 bits per heavy atom. The zero-order chi connectivity index (χ0) is 14.6. The topological polar surface area (TPSA) is 58.2 Å². The molecule has 1 fully saturated rings. The van der Waals surface area contributed by atoms with Crippen LogP contribution >= 0.6 is 0 Å². The van der Waals surface area contributed by atoms with Crippen molar-refractivity contribution in [1.82, 2.24) is 9.12 Å². The van der Waals surface area contributed by atoms with Crippen LogP contribution in [0.1, 0.15) is 65.2 Å². The number of carbonyl (C=O) groups excluding carboxylic acids is 2. The van der Waals surface area contributed by atoms with E-state index in [1.54, 1.807) is 20.7 Å². The largest absolute Gasteiger partial charge is 1.00 e. The fraction of sp³-hybridized carbons (Fsp3) is 0.857. The van der Waals surface area contributed by atoms with E-state index in [0.717, 1.165) is 6.41 Å². The third kappa shape index (κ3) is 11.5. The van der Waals surface area contributed by atoms with Crippen LogP contribution in [0.25, 0.3) is 0 Å². The first kappa shape index (κ1) is 26.1. The van der Waals surface area contributed by atoms with Gasteiger partial charge in [0, 0.05) is 6.04 Å². The number of hydrogen-bond acceptors (Lipinski definition) is 2. The van der Waals surface area contributed by atoms with Gasteiger partial charge in [0.1, 0.15) is 0 Å². The third-order valence-electron chi connectivity index (χ3n) is 3.86. The second-order valence-electron chi connectivity index (χ2n) is 5.34. The Hall–Kier alpha value is 0.234. The Balaban J connectivity index is -0.000000482. The molecule has 7 heteroatoms. The van der Waals surface area contributed by atoms with Gasteiger partial charge in [0.15, 0.2) is 0 Å². The van der Waals surface area contributed by atoms with Gasteiger partial charge in [-0.1, -0.05) is 33.1 Å². The number of rotatable bonds is 7. The van der Waals surface area contributed by atoms with Crippen molar-refractivity contribution in [3.8, 4) is 0 Å². The van der Waals surface area contributed by atoms with Gasteiger partial charge < -0.3 is 30.1 Å². The summed E-state index contributed by atoms with van der Waals surface area (Å²) in [5, 5.41) is 2.98. The van der Waals surface area contributed by atoms with Gasteiger partial charge in [-0.25, -0.2) is 0 Å². The van der Waals surface area contributed by atoms with Crippen LogP contribution in [0.4, 0.5) is 0 Å². The molecule has 0 bridgehead atoms. The number of nitrogens with one attached hydrogen (secondary N) is 2. The minimum absolute atomic E-state index is 0. The van der Waals surface area contributed by atoms with Crippen LogP contribution in [0.5, 0.6) is 0 Å². The molecule has 0 aliphatic heterocycles. The SMILES string of the molecule is CCCC1(CCC)CCCC(NC=O)C1.O=C[NH][Ti+2].[Cl-].[Cl-]. The first-order chi connectivity index (χ1) is 9.17. The zero-order valence-electron chi connectivity index (χ0n) is 13.0. The van der Waals surface area contributed by atoms with Crippen LogP contribution in [-0.2, 0) is 30.3 Å². The van der Waals surface area contributed by atoms with Crippen molar-refractivity contribution < 1.29 is 55.1 Å². The molecule has 0 aromatic rings. The molecule has 123 valence electrons. The van der Waals surface area contributed by atoms with Crippen molar-refractivity contribution in [2.24, 2.45) is 5.41 Å². The molecular weight excluding hydrogens is 347 g/mol. The summed E-state index contributed by atoms with van der Waals surface area (Å²) in [5.41, 5.74) is 0.530. The van der Waals surface area contributed by atoms with E-state index >= 15 is 0 Å². The van der Waals surface area contributed by atoms with E-state index < -0.39 is 0 Å². The monoisotopic (exact) mass is 373 g/mol. The van der Waals surface area contributed by atoms with E-state index in [0.29, 0.717) is 17.9 Å². The molecule has 0 radical (unpaired) electrons. The molecule has 1 aliphatic rings. The first-order valence-corrected chi connectivity index (χ1v) is 8.01. The fourth-order valence-electron chi connectivity index (χ4n) is 3.33. The molecule has 1 unspecified atom stereocenters. The average molecular weight is 374 g/mol. The standard InChI is InChI=1S/C13H25NO.CH3NO.2ClH.Ti/c1-3-7-13(8-4-2)9-5-6-12(10-13)14-11-15;2-1-3;;;/h11-12H,3-10H2,1-2H3,(H,14,15);1H,(H2,2,3);2*1H;/q;;;;+3/p-3. The van der Waals surface area contributed by atoms with Gasteiger partial charge in [-0.05, 0) is 37.5 Å². The summed E-state index contributed by atoms with van der Waals surface area (Å²) in [6.07, 6.45) is 11.7. The van der Waals surface area contributed by atoms with Gasteiger partial charge in [0.2, 0.25) is 6.41 Å². The fourth-order valence-corrected chi connectivity index (χ4v) is 3.33. The van der Waals surface area contributed by atoms with E-state index in [1.807, 2.05) is 0 Å². The Labute approximate surface area is 153 Å².